The Kier molecular flexibility index (Phi) is 13.2. The molecule has 2 aliphatic carbocycles. The van der Waals surface area contributed by atoms with Crippen molar-refractivity contribution >= 4 is 11.9 Å². The van der Waals surface area contributed by atoms with Gasteiger partial charge in [0.1, 0.15) is 6.10 Å². The smallest absolute Gasteiger partial charge is 0.308 e. The highest BCUT2D eigenvalue weighted by Gasteiger charge is 2.42. The first-order valence-electron chi connectivity index (χ1n) is 13.6. The van der Waals surface area contributed by atoms with Crippen LogP contribution in [0.3, 0.4) is 0 Å². The third kappa shape index (κ3) is 10.3. The van der Waals surface area contributed by atoms with Gasteiger partial charge in [0, 0.05) is 12.3 Å². The second kappa shape index (κ2) is 15.8. The van der Waals surface area contributed by atoms with Crippen molar-refractivity contribution in [3.63, 3.8) is 0 Å². The lowest BCUT2D eigenvalue weighted by Gasteiger charge is -2.43. The van der Waals surface area contributed by atoms with Crippen LogP contribution in [0.15, 0.2) is 23.8 Å². The third-order valence-electron chi connectivity index (χ3n) is 7.43. The van der Waals surface area contributed by atoms with Crippen LogP contribution in [0.5, 0.6) is 0 Å². The van der Waals surface area contributed by atoms with Crippen LogP contribution in [0.2, 0.25) is 0 Å². The topological polar surface area (TPSA) is 166 Å². The van der Waals surface area contributed by atoms with Gasteiger partial charge in [-0.2, -0.15) is 0 Å². The van der Waals surface area contributed by atoms with Crippen LogP contribution in [0, 0.1) is 33.8 Å². The van der Waals surface area contributed by atoms with E-state index in [0.717, 1.165) is 5.57 Å². The molecule has 0 radical (unpaired) electrons. The first kappa shape index (κ1) is 31.7. The number of esters is 2. The fraction of sp³-hybridized carbons (Fsp3) is 0.778. The second-order valence-corrected chi connectivity index (χ2v) is 10.5. The van der Waals surface area contributed by atoms with Gasteiger partial charge in [-0.15, -0.1) is 10.1 Å². The van der Waals surface area contributed by atoms with Gasteiger partial charge in [-0.1, -0.05) is 39.0 Å². The highest BCUT2D eigenvalue weighted by atomic mass is 16.9. The summed E-state index contributed by atoms with van der Waals surface area (Å²) < 4.78 is 10.9. The number of hydrogen-bond acceptors (Lipinski definition) is 10. The maximum absolute atomic E-state index is 12.5. The van der Waals surface area contributed by atoms with Gasteiger partial charge in [-0.25, -0.2) is 0 Å². The SMILES string of the molecule is CC[C@H](C)C(=O)O[C@H]1C[C@H](O)C=C2C=C[C@H](C)[C@H](CC[C@@H](O)C[C@@H](O)CC(=O)OCCCCO[N+](=O)[O-])[C@H]21. The van der Waals surface area contributed by atoms with Gasteiger partial charge in [0.25, 0.3) is 5.09 Å². The summed E-state index contributed by atoms with van der Waals surface area (Å²) in [5, 5.41) is 40.4. The largest absolute Gasteiger partial charge is 0.466 e. The number of rotatable bonds is 16. The summed E-state index contributed by atoms with van der Waals surface area (Å²) in [5.74, 6) is -0.952. The zero-order chi connectivity index (χ0) is 28.2. The summed E-state index contributed by atoms with van der Waals surface area (Å²) >= 11 is 0. The van der Waals surface area contributed by atoms with Crippen molar-refractivity contribution in [1.29, 1.82) is 0 Å². The maximum atomic E-state index is 12.5. The molecule has 8 atom stereocenters. The molecule has 2 rings (SSSR count). The molecule has 0 fully saturated rings. The van der Waals surface area contributed by atoms with E-state index in [1.165, 1.54) is 0 Å². The van der Waals surface area contributed by atoms with Crippen molar-refractivity contribution < 1.29 is 44.3 Å². The average Bonchev–Trinajstić information content (AvgIpc) is 2.84. The van der Waals surface area contributed by atoms with Crippen molar-refractivity contribution in [3.05, 3.63) is 33.9 Å². The molecule has 0 bridgehead atoms. The Morgan fingerprint density at radius 1 is 1.21 bits per heavy atom. The molecule has 0 amide bonds. The number of aliphatic hydroxyl groups is 3. The van der Waals surface area contributed by atoms with Crippen LogP contribution in [-0.2, 0) is 23.9 Å². The Balaban J connectivity index is 1.84. The Hall–Kier alpha value is -2.50. The van der Waals surface area contributed by atoms with E-state index in [4.69, 9.17) is 9.47 Å². The molecular weight excluding hydrogens is 498 g/mol. The van der Waals surface area contributed by atoms with Crippen LogP contribution >= 0.6 is 0 Å². The molecule has 2 aliphatic rings. The summed E-state index contributed by atoms with van der Waals surface area (Å²) in [5.41, 5.74) is 0.941. The molecule has 0 aliphatic heterocycles. The molecule has 11 nitrogen and oxygen atoms in total. The summed E-state index contributed by atoms with van der Waals surface area (Å²) in [7, 11) is 0. The summed E-state index contributed by atoms with van der Waals surface area (Å²) in [6, 6.07) is 0. The highest BCUT2D eigenvalue weighted by Crippen LogP contribution is 2.44. The minimum Gasteiger partial charge on any atom is -0.466 e. The number of hydrogen-bond donors (Lipinski definition) is 3. The number of carbonyl (C=O) groups is 2. The van der Waals surface area contributed by atoms with Gasteiger partial charge in [0.15, 0.2) is 0 Å². The van der Waals surface area contributed by atoms with Crippen LogP contribution in [0.25, 0.3) is 0 Å². The Bertz CT molecular complexity index is 844. The lowest BCUT2D eigenvalue weighted by atomic mass is 9.66. The van der Waals surface area contributed by atoms with Crippen molar-refractivity contribution in [2.45, 2.75) is 96.6 Å². The van der Waals surface area contributed by atoms with Crippen molar-refractivity contribution in [2.24, 2.45) is 23.7 Å². The Morgan fingerprint density at radius 3 is 2.61 bits per heavy atom. The van der Waals surface area contributed by atoms with Crippen LogP contribution < -0.4 is 0 Å². The first-order valence-corrected chi connectivity index (χ1v) is 13.6. The van der Waals surface area contributed by atoms with E-state index < -0.39 is 35.5 Å². The molecule has 0 saturated heterocycles. The van der Waals surface area contributed by atoms with E-state index >= 15 is 0 Å². The molecular formula is C27H43NO10. The van der Waals surface area contributed by atoms with E-state index in [0.29, 0.717) is 38.5 Å². The lowest BCUT2D eigenvalue weighted by molar-refractivity contribution is -0.757. The molecule has 0 spiro atoms. The molecule has 0 heterocycles. The summed E-state index contributed by atoms with van der Waals surface area (Å²) in [4.78, 5) is 38.7. The van der Waals surface area contributed by atoms with Gasteiger partial charge in [0.2, 0.25) is 0 Å². The predicted octanol–water partition coefficient (Wildman–Crippen LogP) is 2.89. The number of fused-ring (bicyclic) bond motifs is 1. The number of nitrogens with zero attached hydrogens (tertiary/aromatic N) is 1. The fourth-order valence-corrected chi connectivity index (χ4v) is 5.10. The highest BCUT2D eigenvalue weighted by molar-refractivity contribution is 5.72. The third-order valence-corrected chi connectivity index (χ3v) is 7.43. The van der Waals surface area contributed by atoms with E-state index in [1.807, 2.05) is 26.0 Å². The molecule has 3 N–H and O–H groups in total. The van der Waals surface area contributed by atoms with E-state index in [9.17, 15) is 35.0 Å². The van der Waals surface area contributed by atoms with Gasteiger partial charge in [-0.05, 0) is 55.9 Å². The quantitative estimate of drug-likeness (QED) is 0.114. The van der Waals surface area contributed by atoms with Crippen LogP contribution in [0.1, 0.15) is 72.1 Å². The summed E-state index contributed by atoms with van der Waals surface area (Å²) in [6.45, 7) is 5.82. The van der Waals surface area contributed by atoms with Gasteiger partial charge in [-0.3, -0.25) is 9.59 Å². The van der Waals surface area contributed by atoms with Gasteiger partial charge >= 0.3 is 11.9 Å². The van der Waals surface area contributed by atoms with Crippen molar-refractivity contribution in [3.8, 4) is 0 Å². The lowest BCUT2D eigenvalue weighted by Crippen LogP contribution is -2.43. The predicted molar refractivity (Wildman–Crippen MR) is 137 cm³/mol. The second-order valence-electron chi connectivity index (χ2n) is 10.5. The molecule has 0 unspecified atom stereocenters. The van der Waals surface area contributed by atoms with Crippen molar-refractivity contribution in [1.82, 2.24) is 0 Å². The first-order chi connectivity index (χ1) is 18.0. The van der Waals surface area contributed by atoms with E-state index in [-0.39, 0.29) is 55.7 Å². The molecule has 216 valence electrons. The maximum Gasteiger partial charge on any atom is 0.308 e. The molecule has 0 aromatic carbocycles. The van der Waals surface area contributed by atoms with Crippen LogP contribution in [-0.4, -0.2) is 70.0 Å². The normalized spacial score (nSPS) is 26.9. The number of unbranched alkanes of at least 4 members (excludes halogenated alkanes) is 1. The minimum atomic E-state index is -1.07. The number of carbonyl (C=O) groups excluding carboxylic acids is 2. The van der Waals surface area contributed by atoms with Crippen LogP contribution in [0.4, 0.5) is 0 Å². The molecule has 0 aromatic rings. The number of allylic oxidation sites excluding steroid dienone is 2. The molecule has 38 heavy (non-hydrogen) atoms. The van der Waals surface area contributed by atoms with Gasteiger partial charge < -0.3 is 29.6 Å². The average molecular weight is 542 g/mol. The Morgan fingerprint density at radius 2 is 1.92 bits per heavy atom. The monoisotopic (exact) mass is 541 g/mol. The fourth-order valence-electron chi connectivity index (χ4n) is 5.10. The Labute approximate surface area is 223 Å². The minimum absolute atomic E-state index is 0.0151. The van der Waals surface area contributed by atoms with Gasteiger partial charge in [0.05, 0.1) is 43.9 Å². The number of ether oxygens (including phenoxy) is 2. The molecule has 0 aromatic heterocycles. The zero-order valence-electron chi connectivity index (χ0n) is 22.6. The number of aliphatic hydroxyl groups excluding tert-OH is 3. The van der Waals surface area contributed by atoms with E-state index in [1.54, 1.807) is 0 Å². The van der Waals surface area contributed by atoms with E-state index in [2.05, 4.69) is 17.8 Å². The molecule has 0 saturated carbocycles. The summed E-state index contributed by atoms with van der Waals surface area (Å²) in [6.07, 6.45) is 5.35. The zero-order valence-corrected chi connectivity index (χ0v) is 22.6. The molecule has 11 heteroatoms. The standard InChI is InChI=1S/C27H43NO10/c1-4-17(2)27(33)38-24-15-21(30)13-19-8-7-18(3)23(26(19)24)10-9-20(29)14-22(31)16-25(32)36-11-5-6-12-37-28(34)35/h7-8,13,17-18,20-24,26,29-31H,4-6,9-12,14-16H2,1-3H3/t17-,18-,20+,21+,22+,23-,24-,26-/m0/s1. The van der Waals surface area contributed by atoms with Crippen molar-refractivity contribution in [2.75, 3.05) is 13.2 Å².